The molecule has 2 aromatic rings. The molecule has 0 atom stereocenters. The molecule has 2 nitrogen and oxygen atoms in total. The Kier molecular flexibility index (Phi) is 5.37. The first kappa shape index (κ1) is 16.0. The van der Waals surface area contributed by atoms with Crippen LogP contribution >= 0.6 is 27.5 Å². The molecule has 0 aliphatic heterocycles. The fourth-order valence-electron chi connectivity index (χ4n) is 1.99. The topological polar surface area (TPSA) is 26.3 Å². The van der Waals surface area contributed by atoms with Crippen LogP contribution in [0, 0.1) is 5.82 Å². The highest BCUT2D eigenvalue weighted by Crippen LogP contribution is 2.26. The van der Waals surface area contributed by atoms with Crippen molar-refractivity contribution in [3.8, 4) is 5.75 Å². The quantitative estimate of drug-likeness (QED) is 0.767. The van der Waals surface area contributed by atoms with E-state index < -0.39 is 5.82 Å². The van der Waals surface area contributed by atoms with Gasteiger partial charge < -0.3 is 4.74 Å². The van der Waals surface area contributed by atoms with Crippen LogP contribution in [-0.4, -0.2) is 12.9 Å². The molecule has 0 spiro atoms. The molecule has 21 heavy (non-hydrogen) atoms. The highest BCUT2D eigenvalue weighted by atomic mass is 79.9. The van der Waals surface area contributed by atoms with Crippen molar-refractivity contribution in [2.45, 2.75) is 12.8 Å². The normalized spacial score (nSPS) is 10.5. The van der Waals surface area contributed by atoms with E-state index in [1.54, 1.807) is 19.2 Å². The zero-order chi connectivity index (χ0) is 15.4. The molecule has 0 aliphatic rings. The molecule has 0 radical (unpaired) electrons. The van der Waals surface area contributed by atoms with E-state index in [1.807, 2.05) is 12.1 Å². The molecule has 5 heteroatoms. The second-order valence-electron chi connectivity index (χ2n) is 4.60. The van der Waals surface area contributed by atoms with Crippen LogP contribution in [0.5, 0.6) is 5.75 Å². The number of benzene rings is 2. The molecule has 2 rings (SSSR count). The monoisotopic (exact) mass is 370 g/mol. The second kappa shape index (κ2) is 7.05. The van der Waals surface area contributed by atoms with Crippen molar-refractivity contribution in [3.05, 3.63) is 62.8 Å². The zero-order valence-corrected chi connectivity index (χ0v) is 13.7. The van der Waals surface area contributed by atoms with E-state index in [-0.39, 0.29) is 23.6 Å². The molecule has 0 bridgehead atoms. The molecular weight excluding hydrogens is 359 g/mol. The molecule has 2 aromatic carbocycles. The summed E-state index contributed by atoms with van der Waals surface area (Å²) in [5, 5.41) is 0.277. The number of carbonyl (C=O) groups excluding carboxylic acids is 1. The molecule has 110 valence electrons. The summed E-state index contributed by atoms with van der Waals surface area (Å²) in [6, 6.07) is 9.56. The zero-order valence-electron chi connectivity index (χ0n) is 11.3. The Hall–Kier alpha value is -1.39. The number of ketones is 1. The first-order valence-corrected chi connectivity index (χ1v) is 7.44. The van der Waals surface area contributed by atoms with E-state index in [0.717, 1.165) is 10.0 Å². The van der Waals surface area contributed by atoms with E-state index in [9.17, 15) is 9.18 Å². The highest BCUT2D eigenvalue weighted by Gasteiger charge is 2.10. The molecule has 0 aromatic heterocycles. The lowest BCUT2D eigenvalue weighted by molar-refractivity contribution is -0.117. The molecule has 0 fully saturated rings. The van der Waals surface area contributed by atoms with Gasteiger partial charge in [0, 0.05) is 17.9 Å². The summed E-state index contributed by atoms with van der Waals surface area (Å²) >= 11 is 9.31. The van der Waals surface area contributed by atoms with E-state index in [1.165, 1.54) is 12.1 Å². The fourth-order valence-corrected chi connectivity index (χ4v) is 2.81. The van der Waals surface area contributed by atoms with Crippen LogP contribution in [0.3, 0.4) is 0 Å². The lowest BCUT2D eigenvalue weighted by atomic mass is 10.0. The Morgan fingerprint density at radius 3 is 2.62 bits per heavy atom. The lowest BCUT2D eigenvalue weighted by Crippen LogP contribution is -2.07. The second-order valence-corrected chi connectivity index (χ2v) is 5.86. The molecule has 0 N–H and O–H groups in total. The third-order valence-corrected chi connectivity index (χ3v) is 3.99. The molecule has 0 saturated carbocycles. The Morgan fingerprint density at radius 1 is 1.24 bits per heavy atom. The van der Waals surface area contributed by atoms with Gasteiger partial charge in [0.25, 0.3) is 0 Å². The summed E-state index contributed by atoms with van der Waals surface area (Å²) in [6.07, 6.45) is 0.471. The molecule has 0 aliphatic carbocycles. The minimum Gasteiger partial charge on any atom is -0.496 e. The van der Waals surface area contributed by atoms with Gasteiger partial charge in [-0.1, -0.05) is 23.7 Å². The molecular formula is C16H13BrClFO2. The van der Waals surface area contributed by atoms with Crippen molar-refractivity contribution < 1.29 is 13.9 Å². The summed E-state index contributed by atoms with van der Waals surface area (Å²) < 4.78 is 18.9. The molecule has 0 amide bonds. The van der Waals surface area contributed by atoms with Gasteiger partial charge in [0.15, 0.2) is 0 Å². The van der Waals surface area contributed by atoms with Crippen molar-refractivity contribution in [2.24, 2.45) is 0 Å². The van der Waals surface area contributed by atoms with Gasteiger partial charge in [0.2, 0.25) is 0 Å². The maximum absolute atomic E-state index is 13.0. The number of ether oxygens (including phenoxy) is 1. The predicted octanol–water partition coefficient (Wildman–Crippen LogP) is 4.60. The number of halogens is 3. The third kappa shape index (κ3) is 4.29. The summed E-state index contributed by atoms with van der Waals surface area (Å²) in [4.78, 5) is 12.1. The van der Waals surface area contributed by atoms with E-state index in [2.05, 4.69) is 15.9 Å². The van der Waals surface area contributed by atoms with Gasteiger partial charge in [-0.3, -0.25) is 4.79 Å². The average molecular weight is 372 g/mol. The van der Waals surface area contributed by atoms with Crippen LogP contribution in [-0.2, 0) is 17.6 Å². The number of carbonyl (C=O) groups is 1. The number of rotatable bonds is 5. The summed E-state index contributed by atoms with van der Waals surface area (Å²) in [5.74, 6) is 0.323. The van der Waals surface area contributed by atoms with Crippen molar-refractivity contribution in [3.63, 3.8) is 0 Å². The van der Waals surface area contributed by atoms with Gasteiger partial charge in [-0.05, 0) is 51.3 Å². The first-order valence-electron chi connectivity index (χ1n) is 6.27. The van der Waals surface area contributed by atoms with Gasteiger partial charge in [-0.25, -0.2) is 4.39 Å². The van der Waals surface area contributed by atoms with E-state index >= 15 is 0 Å². The summed E-state index contributed by atoms with van der Waals surface area (Å²) in [7, 11) is 1.58. The van der Waals surface area contributed by atoms with Gasteiger partial charge >= 0.3 is 0 Å². The van der Waals surface area contributed by atoms with Crippen molar-refractivity contribution in [1.29, 1.82) is 0 Å². The molecule has 0 unspecified atom stereocenters. The first-order chi connectivity index (χ1) is 9.99. The smallest absolute Gasteiger partial charge is 0.141 e. The van der Waals surface area contributed by atoms with Crippen LogP contribution in [0.25, 0.3) is 0 Å². The Morgan fingerprint density at radius 2 is 2.00 bits per heavy atom. The minimum absolute atomic E-state index is 0.0144. The van der Waals surface area contributed by atoms with Gasteiger partial charge in [0.1, 0.15) is 17.3 Å². The number of hydrogen-bond donors (Lipinski definition) is 0. The minimum atomic E-state index is -0.407. The Bertz CT molecular complexity index is 673. The standard InChI is InChI=1S/C16H13BrClFO2/c1-21-16-5-2-10(7-14(16)17)6-13(20)8-11-3-4-12(19)9-15(11)18/h2-5,7,9H,6,8H2,1H3. The molecule has 0 heterocycles. The van der Waals surface area contributed by atoms with Crippen molar-refractivity contribution in [2.75, 3.05) is 7.11 Å². The Balaban J connectivity index is 2.06. The van der Waals surface area contributed by atoms with Crippen LogP contribution < -0.4 is 4.74 Å². The maximum Gasteiger partial charge on any atom is 0.141 e. The van der Waals surface area contributed by atoms with Crippen LogP contribution in [0.15, 0.2) is 40.9 Å². The number of Topliss-reactive ketones (excluding diaryl/α,β-unsaturated/α-hetero) is 1. The van der Waals surface area contributed by atoms with Crippen LogP contribution in [0.1, 0.15) is 11.1 Å². The highest BCUT2D eigenvalue weighted by molar-refractivity contribution is 9.10. The average Bonchev–Trinajstić information content (AvgIpc) is 2.42. The van der Waals surface area contributed by atoms with E-state index in [0.29, 0.717) is 11.3 Å². The van der Waals surface area contributed by atoms with Crippen LogP contribution in [0.4, 0.5) is 4.39 Å². The molecule has 0 saturated heterocycles. The van der Waals surface area contributed by atoms with E-state index in [4.69, 9.17) is 16.3 Å². The number of methoxy groups -OCH3 is 1. The summed E-state index contributed by atoms with van der Waals surface area (Å²) in [6.45, 7) is 0. The van der Waals surface area contributed by atoms with Crippen molar-refractivity contribution in [1.82, 2.24) is 0 Å². The predicted molar refractivity (Wildman–Crippen MR) is 84.5 cm³/mol. The van der Waals surface area contributed by atoms with Gasteiger partial charge in [0.05, 0.1) is 11.6 Å². The van der Waals surface area contributed by atoms with Crippen molar-refractivity contribution >= 4 is 33.3 Å². The van der Waals surface area contributed by atoms with Gasteiger partial charge in [-0.15, -0.1) is 0 Å². The largest absolute Gasteiger partial charge is 0.496 e. The number of hydrogen-bond acceptors (Lipinski definition) is 2. The SMILES string of the molecule is COc1ccc(CC(=O)Cc2ccc(F)cc2Cl)cc1Br. The third-order valence-electron chi connectivity index (χ3n) is 3.02. The fraction of sp³-hybridized carbons (Fsp3) is 0.188. The van der Waals surface area contributed by atoms with Gasteiger partial charge in [-0.2, -0.15) is 0 Å². The Labute approximate surface area is 136 Å². The maximum atomic E-state index is 13.0. The lowest BCUT2D eigenvalue weighted by Gasteiger charge is -2.07. The summed E-state index contributed by atoms with van der Waals surface area (Å²) in [5.41, 5.74) is 1.52. The van der Waals surface area contributed by atoms with Crippen LogP contribution in [0.2, 0.25) is 5.02 Å².